The van der Waals surface area contributed by atoms with Crippen LogP contribution in [0, 0.1) is 0 Å². The van der Waals surface area contributed by atoms with E-state index in [1.54, 1.807) is 18.2 Å². The summed E-state index contributed by atoms with van der Waals surface area (Å²) >= 11 is 1.30. The second-order valence-electron chi connectivity index (χ2n) is 7.57. The summed E-state index contributed by atoms with van der Waals surface area (Å²) in [4.78, 5) is 12.7. The molecule has 0 fully saturated rings. The third-order valence-electron chi connectivity index (χ3n) is 4.98. The molecular formula is C25H24N4O2S. The standard InChI is InChI=1S/C25H24N4O2S/c1-17(2)19-12-6-8-14-21(19)26-23(31)16-32-25-28-27-24(20-13-7-9-15-22(20)30)29(25)18-10-4-3-5-11-18/h3-15,17,30H,16H2,1-2H3,(H,26,31). The first kappa shape index (κ1) is 21.6. The Morgan fingerprint density at radius 3 is 2.41 bits per heavy atom. The number of aromatic hydroxyl groups is 1. The number of phenolic OH excluding ortho intramolecular Hbond substituents is 1. The Hall–Kier alpha value is -3.58. The van der Waals surface area contributed by atoms with E-state index in [4.69, 9.17) is 0 Å². The number of amides is 1. The van der Waals surface area contributed by atoms with E-state index in [-0.39, 0.29) is 17.4 Å². The number of benzene rings is 3. The van der Waals surface area contributed by atoms with Crippen molar-refractivity contribution in [2.45, 2.75) is 24.9 Å². The molecule has 32 heavy (non-hydrogen) atoms. The van der Waals surface area contributed by atoms with Gasteiger partial charge in [0.2, 0.25) is 5.91 Å². The van der Waals surface area contributed by atoms with Gasteiger partial charge >= 0.3 is 0 Å². The molecule has 162 valence electrons. The Balaban J connectivity index is 1.60. The van der Waals surface area contributed by atoms with Crippen molar-refractivity contribution in [3.8, 4) is 22.8 Å². The number of carbonyl (C=O) groups excluding carboxylic acids is 1. The molecule has 0 aliphatic carbocycles. The normalized spacial score (nSPS) is 11.0. The fourth-order valence-electron chi connectivity index (χ4n) is 3.44. The van der Waals surface area contributed by atoms with Crippen LogP contribution in [0.3, 0.4) is 0 Å². The van der Waals surface area contributed by atoms with Crippen molar-refractivity contribution < 1.29 is 9.90 Å². The van der Waals surface area contributed by atoms with Crippen molar-refractivity contribution in [1.82, 2.24) is 14.8 Å². The molecule has 0 atom stereocenters. The predicted octanol–water partition coefficient (Wildman–Crippen LogP) is 5.49. The highest BCUT2D eigenvalue weighted by Gasteiger charge is 2.19. The van der Waals surface area contributed by atoms with Crippen molar-refractivity contribution in [3.63, 3.8) is 0 Å². The minimum absolute atomic E-state index is 0.116. The highest BCUT2D eigenvalue weighted by atomic mass is 32.2. The summed E-state index contributed by atoms with van der Waals surface area (Å²) in [6.07, 6.45) is 0. The van der Waals surface area contributed by atoms with Crippen LogP contribution in [0.2, 0.25) is 0 Å². The van der Waals surface area contributed by atoms with Gasteiger partial charge in [0, 0.05) is 11.4 Å². The molecular weight excluding hydrogens is 420 g/mol. The van der Waals surface area contributed by atoms with E-state index in [1.807, 2.05) is 65.2 Å². The number of hydrogen-bond acceptors (Lipinski definition) is 5. The van der Waals surface area contributed by atoms with Crippen LogP contribution in [0.1, 0.15) is 25.3 Å². The molecule has 0 aliphatic heterocycles. The molecule has 4 rings (SSSR count). The van der Waals surface area contributed by atoms with Crippen molar-refractivity contribution in [2.24, 2.45) is 0 Å². The van der Waals surface area contributed by atoms with E-state index in [9.17, 15) is 9.90 Å². The zero-order valence-electron chi connectivity index (χ0n) is 17.9. The topological polar surface area (TPSA) is 80.0 Å². The molecule has 6 nitrogen and oxygen atoms in total. The lowest BCUT2D eigenvalue weighted by Crippen LogP contribution is -2.16. The summed E-state index contributed by atoms with van der Waals surface area (Å²) in [5.41, 5.74) is 3.35. The summed E-state index contributed by atoms with van der Waals surface area (Å²) in [7, 11) is 0. The maximum Gasteiger partial charge on any atom is 0.234 e. The molecule has 0 unspecified atom stereocenters. The molecule has 0 aliphatic rings. The number of nitrogens with zero attached hydrogens (tertiary/aromatic N) is 3. The van der Waals surface area contributed by atoms with Gasteiger partial charge in [0.25, 0.3) is 0 Å². The van der Waals surface area contributed by atoms with Crippen molar-refractivity contribution >= 4 is 23.4 Å². The van der Waals surface area contributed by atoms with Gasteiger partial charge < -0.3 is 10.4 Å². The first-order chi connectivity index (χ1) is 15.5. The van der Waals surface area contributed by atoms with Crippen molar-refractivity contribution in [3.05, 3.63) is 84.4 Å². The van der Waals surface area contributed by atoms with E-state index in [0.29, 0.717) is 22.5 Å². The molecule has 3 aromatic carbocycles. The summed E-state index contributed by atoms with van der Waals surface area (Å²) in [5.74, 6) is 1.01. The van der Waals surface area contributed by atoms with Crippen LogP contribution in [-0.2, 0) is 4.79 Å². The molecule has 0 spiro atoms. The second kappa shape index (κ2) is 9.70. The SMILES string of the molecule is CC(C)c1ccccc1NC(=O)CSc1nnc(-c2ccccc2O)n1-c1ccccc1. The van der Waals surface area contributed by atoms with E-state index in [2.05, 4.69) is 29.4 Å². The van der Waals surface area contributed by atoms with Crippen LogP contribution in [0.4, 0.5) is 5.69 Å². The molecule has 1 heterocycles. The van der Waals surface area contributed by atoms with Crippen LogP contribution >= 0.6 is 11.8 Å². The highest BCUT2D eigenvalue weighted by Crippen LogP contribution is 2.32. The lowest BCUT2D eigenvalue weighted by Gasteiger charge is -2.14. The van der Waals surface area contributed by atoms with Gasteiger partial charge in [-0.3, -0.25) is 9.36 Å². The number of carbonyl (C=O) groups is 1. The predicted molar refractivity (Wildman–Crippen MR) is 128 cm³/mol. The average molecular weight is 445 g/mol. The van der Waals surface area contributed by atoms with E-state index >= 15 is 0 Å². The lowest BCUT2D eigenvalue weighted by atomic mass is 10.0. The zero-order valence-corrected chi connectivity index (χ0v) is 18.7. The van der Waals surface area contributed by atoms with Gasteiger partial charge in [0.05, 0.1) is 11.3 Å². The van der Waals surface area contributed by atoms with Crippen molar-refractivity contribution in [1.29, 1.82) is 0 Å². The van der Waals surface area contributed by atoms with Gasteiger partial charge in [-0.1, -0.05) is 74.1 Å². The van der Waals surface area contributed by atoms with Crippen molar-refractivity contribution in [2.75, 3.05) is 11.1 Å². The van der Waals surface area contributed by atoms with Crippen LogP contribution in [-0.4, -0.2) is 31.5 Å². The average Bonchev–Trinajstić information content (AvgIpc) is 3.22. The monoisotopic (exact) mass is 444 g/mol. The number of anilines is 1. The zero-order chi connectivity index (χ0) is 22.5. The fourth-order valence-corrected chi connectivity index (χ4v) is 4.19. The lowest BCUT2D eigenvalue weighted by molar-refractivity contribution is -0.113. The molecule has 2 N–H and O–H groups in total. The Morgan fingerprint density at radius 2 is 1.66 bits per heavy atom. The van der Waals surface area contributed by atoms with Gasteiger partial charge in [0.1, 0.15) is 5.75 Å². The summed E-state index contributed by atoms with van der Waals surface area (Å²) in [6.45, 7) is 4.20. The molecule has 4 aromatic rings. The summed E-state index contributed by atoms with van der Waals surface area (Å²) in [6, 6.07) is 24.5. The van der Waals surface area contributed by atoms with Crippen LogP contribution in [0.15, 0.2) is 84.0 Å². The van der Waals surface area contributed by atoms with Gasteiger partial charge in [-0.15, -0.1) is 10.2 Å². The number of nitrogens with one attached hydrogen (secondary N) is 1. The van der Waals surface area contributed by atoms with Gasteiger partial charge in [-0.05, 0) is 41.8 Å². The molecule has 0 bridgehead atoms. The quantitative estimate of drug-likeness (QED) is 0.368. The number of thioether (sulfide) groups is 1. The van der Waals surface area contributed by atoms with E-state index in [0.717, 1.165) is 16.9 Å². The van der Waals surface area contributed by atoms with E-state index in [1.165, 1.54) is 11.8 Å². The summed E-state index contributed by atoms with van der Waals surface area (Å²) < 4.78 is 1.86. The number of hydrogen-bond donors (Lipinski definition) is 2. The molecule has 1 aromatic heterocycles. The van der Waals surface area contributed by atoms with Crippen LogP contribution in [0.25, 0.3) is 17.1 Å². The van der Waals surface area contributed by atoms with Gasteiger partial charge in [0.15, 0.2) is 11.0 Å². The number of phenols is 1. The largest absolute Gasteiger partial charge is 0.507 e. The molecule has 7 heteroatoms. The van der Waals surface area contributed by atoms with Crippen LogP contribution in [0.5, 0.6) is 5.75 Å². The highest BCUT2D eigenvalue weighted by molar-refractivity contribution is 7.99. The Kier molecular flexibility index (Phi) is 6.56. The fraction of sp³-hybridized carbons (Fsp3) is 0.160. The van der Waals surface area contributed by atoms with Gasteiger partial charge in [-0.2, -0.15) is 0 Å². The minimum Gasteiger partial charge on any atom is -0.507 e. The molecule has 0 saturated heterocycles. The smallest absolute Gasteiger partial charge is 0.234 e. The Morgan fingerprint density at radius 1 is 0.969 bits per heavy atom. The first-order valence-corrected chi connectivity index (χ1v) is 11.3. The number of para-hydroxylation sites is 3. The number of rotatable bonds is 7. The minimum atomic E-state index is -0.116. The maximum atomic E-state index is 12.7. The second-order valence-corrected chi connectivity index (χ2v) is 8.52. The van der Waals surface area contributed by atoms with Crippen LogP contribution < -0.4 is 5.32 Å². The number of aromatic nitrogens is 3. The molecule has 1 amide bonds. The Labute approximate surface area is 191 Å². The molecule has 0 saturated carbocycles. The Bertz CT molecular complexity index is 1220. The van der Waals surface area contributed by atoms with E-state index < -0.39 is 0 Å². The maximum absolute atomic E-state index is 12.7. The first-order valence-electron chi connectivity index (χ1n) is 10.4. The summed E-state index contributed by atoms with van der Waals surface area (Å²) in [5, 5.41) is 22.6. The third-order valence-corrected chi connectivity index (χ3v) is 5.91. The van der Waals surface area contributed by atoms with Gasteiger partial charge in [-0.25, -0.2) is 0 Å². The molecule has 0 radical (unpaired) electrons. The third kappa shape index (κ3) is 4.68.